The molecule has 2 aliphatic rings. The van der Waals surface area contributed by atoms with Gasteiger partial charge in [-0.2, -0.15) is 18.2 Å². The fraction of sp³-hybridized carbons (Fsp3) is 0.143. The summed E-state index contributed by atoms with van der Waals surface area (Å²) in [5.74, 6) is -0.0758. The first-order valence-electron chi connectivity index (χ1n) is 6.22. The second kappa shape index (κ2) is 4.98. The van der Waals surface area contributed by atoms with Gasteiger partial charge in [-0.05, 0) is 28.1 Å². The van der Waals surface area contributed by atoms with Gasteiger partial charge in [0, 0.05) is 16.2 Å². The number of alkyl halides is 3. The molecule has 1 N–H and O–H groups in total. The Kier molecular flexibility index (Phi) is 3.36. The molecule has 1 atom stereocenters. The molecule has 0 fully saturated rings. The Labute approximate surface area is 132 Å². The molecule has 1 aromatic carbocycles. The number of fused-ring (bicyclic) bond motifs is 1. The highest BCUT2D eigenvalue weighted by atomic mass is 79.9. The lowest BCUT2D eigenvalue weighted by atomic mass is 9.95. The molecule has 114 valence electrons. The SMILES string of the molecule is O=C1N=C2C=CC(Br)=CN2[C@@](c2ccccc2)(C(F)(F)F)N1. The molecule has 0 radical (unpaired) electrons. The largest absolute Gasteiger partial charge is 0.435 e. The lowest BCUT2D eigenvalue weighted by Gasteiger charge is -2.47. The number of carbonyl (C=O) groups is 1. The van der Waals surface area contributed by atoms with Gasteiger partial charge in [0.1, 0.15) is 5.84 Å². The van der Waals surface area contributed by atoms with Gasteiger partial charge in [0.25, 0.3) is 0 Å². The van der Waals surface area contributed by atoms with Gasteiger partial charge < -0.3 is 5.32 Å². The summed E-state index contributed by atoms with van der Waals surface area (Å²) in [6, 6.07) is 6.17. The van der Waals surface area contributed by atoms with Gasteiger partial charge in [-0.25, -0.2) is 4.79 Å². The van der Waals surface area contributed by atoms with Crippen LogP contribution in [-0.2, 0) is 5.66 Å². The Bertz CT molecular complexity index is 712. The van der Waals surface area contributed by atoms with Crippen molar-refractivity contribution in [2.24, 2.45) is 4.99 Å². The summed E-state index contributed by atoms with van der Waals surface area (Å²) in [4.78, 5) is 16.3. The normalized spacial score (nSPS) is 24.4. The van der Waals surface area contributed by atoms with E-state index in [1.807, 2.05) is 5.32 Å². The number of nitrogens with zero attached hydrogens (tertiary/aromatic N) is 2. The third-order valence-electron chi connectivity index (χ3n) is 3.36. The molecular weight excluding hydrogens is 363 g/mol. The Morgan fingerprint density at radius 1 is 1.18 bits per heavy atom. The molecule has 4 nitrogen and oxygen atoms in total. The molecule has 0 saturated heterocycles. The van der Waals surface area contributed by atoms with Crippen molar-refractivity contribution in [2.75, 3.05) is 0 Å². The van der Waals surface area contributed by atoms with E-state index in [1.165, 1.54) is 42.6 Å². The number of hydrogen-bond donors (Lipinski definition) is 1. The molecule has 8 heteroatoms. The van der Waals surface area contributed by atoms with Crippen LogP contribution < -0.4 is 5.32 Å². The van der Waals surface area contributed by atoms with E-state index in [2.05, 4.69) is 20.9 Å². The summed E-state index contributed by atoms with van der Waals surface area (Å²) in [6.07, 6.45) is -0.634. The Morgan fingerprint density at radius 2 is 1.86 bits per heavy atom. The summed E-state index contributed by atoms with van der Waals surface area (Å²) in [5, 5.41) is 1.98. The molecule has 0 saturated carbocycles. The quantitative estimate of drug-likeness (QED) is 0.819. The predicted molar refractivity (Wildman–Crippen MR) is 78.1 cm³/mol. The highest BCUT2D eigenvalue weighted by Crippen LogP contribution is 2.45. The second-order valence-corrected chi connectivity index (χ2v) is 5.61. The zero-order valence-corrected chi connectivity index (χ0v) is 12.5. The van der Waals surface area contributed by atoms with Crippen molar-refractivity contribution in [3.05, 3.63) is 58.7 Å². The molecule has 2 aliphatic heterocycles. The average Bonchev–Trinajstić information content (AvgIpc) is 2.46. The number of allylic oxidation sites excluding steroid dienone is 2. The van der Waals surface area contributed by atoms with Crippen LogP contribution in [0.15, 0.2) is 58.2 Å². The van der Waals surface area contributed by atoms with Crippen molar-refractivity contribution in [1.29, 1.82) is 0 Å². The van der Waals surface area contributed by atoms with E-state index < -0.39 is 17.9 Å². The van der Waals surface area contributed by atoms with Crippen LogP contribution in [0.4, 0.5) is 18.0 Å². The van der Waals surface area contributed by atoms with E-state index in [0.717, 1.165) is 4.90 Å². The highest BCUT2D eigenvalue weighted by Gasteiger charge is 2.63. The minimum atomic E-state index is -4.76. The summed E-state index contributed by atoms with van der Waals surface area (Å²) >= 11 is 3.15. The number of hydrogen-bond acceptors (Lipinski definition) is 2. The van der Waals surface area contributed by atoms with Crippen LogP contribution in [0.1, 0.15) is 5.56 Å². The van der Waals surface area contributed by atoms with Gasteiger partial charge >= 0.3 is 12.2 Å². The monoisotopic (exact) mass is 371 g/mol. The average molecular weight is 372 g/mol. The van der Waals surface area contributed by atoms with Gasteiger partial charge in [0.05, 0.1) is 0 Å². The van der Waals surface area contributed by atoms with Gasteiger partial charge in [0.15, 0.2) is 0 Å². The van der Waals surface area contributed by atoms with Crippen LogP contribution in [0.5, 0.6) is 0 Å². The van der Waals surface area contributed by atoms with E-state index >= 15 is 0 Å². The molecule has 0 unspecified atom stereocenters. The molecule has 0 bridgehead atoms. The third-order valence-corrected chi connectivity index (χ3v) is 3.83. The first-order valence-corrected chi connectivity index (χ1v) is 7.02. The minimum absolute atomic E-state index is 0.0758. The number of carbonyl (C=O) groups excluding carboxylic acids is 1. The van der Waals surface area contributed by atoms with Gasteiger partial charge in [-0.1, -0.05) is 30.3 Å². The van der Waals surface area contributed by atoms with Crippen molar-refractivity contribution >= 4 is 27.8 Å². The van der Waals surface area contributed by atoms with E-state index in [1.54, 1.807) is 6.07 Å². The summed E-state index contributed by atoms with van der Waals surface area (Å²) in [7, 11) is 0. The van der Waals surface area contributed by atoms with Gasteiger partial charge in [0.2, 0.25) is 5.66 Å². The maximum absolute atomic E-state index is 14.0. The van der Waals surface area contributed by atoms with Crippen LogP contribution in [0.25, 0.3) is 0 Å². The first kappa shape index (κ1) is 14.8. The van der Waals surface area contributed by atoms with Crippen molar-refractivity contribution in [2.45, 2.75) is 11.8 Å². The van der Waals surface area contributed by atoms with Crippen molar-refractivity contribution < 1.29 is 18.0 Å². The summed E-state index contributed by atoms with van der Waals surface area (Å²) in [5.41, 5.74) is -2.80. The number of aliphatic imine (C=N–C) groups is 1. The molecule has 22 heavy (non-hydrogen) atoms. The number of amides is 2. The summed E-state index contributed by atoms with van der Waals surface area (Å²) in [6.45, 7) is 0. The molecule has 0 spiro atoms. The molecular formula is C14H9BrF3N3O. The number of urea groups is 1. The van der Waals surface area contributed by atoms with E-state index in [9.17, 15) is 18.0 Å². The zero-order valence-electron chi connectivity index (χ0n) is 10.9. The second-order valence-electron chi connectivity index (χ2n) is 4.69. The highest BCUT2D eigenvalue weighted by molar-refractivity contribution is 9.11. The predicted octanol–water partition coefficient (Wildman–Crippen LogP) is 3.63. The Balaban J connectivity index is 2.28. The minimum Gasteiger partial charge on any atom is -0.301 e. The lowest BCUT2D eigenvalue weighted by molar-refractivity contribution is -0.227. The fourth-order valence-corrected chi connectivity index (χ4v) is 2.77. The lowest BCUT2D eigenvalue weighted by Crippen LogP contribution is -2.68. The zero-order chi connectivity index (χ0) is 16.0. The van der Waals surface area contributed by atoms with Crippen LogP contribution >= 0.6 is 15.9 Å². The Hall–Kier alpha value is -2.09. The number of benzene rings is 1. The number of nitrogens with one attached hydrogen (secondary N) is 1. The van der Waals surface area contributed by atoms with E-state index in [4.69, 9.17) is 0 Å². The number of halogens is 4. The first-order chi connectivity index (χ1) is 10.3. The smallest absolute Gasteiger partial charge is 0.301 e. The Morgan fingerprint density at radius 3 is 2.50 bits per heavy atom. The molecule has 0 aromatic heterocycles. The third kappa shape index (κ3) is 2.14. The topological polar surface area (TPSA) is 44.7 Å². The van der Waals surface area contributed by atoms with Crippen molar-refractivity contribution in [3.63, 3.8) is 0 Å². The van der Waals surface area contributed by atoms with E-state index in [-0.39, 0.29) is 11.4 Å². The summed E-state index contributed by atoms with van der Waals surface area (Å²) < 4.78 is 42.4. The van der Waals surface area contributed by atoms with Crippen LogP contribution in [0, 0.1) is 0 Å². The maximum Gasteiger partial charge on any atom is 0.435 e. The molecule has 1 aromatic rings. The van der Waals surface area contributed by atoms with Gasteiger partial charge in [-0.3, -0.25) is 4.90 Å². The number of amidine groups is 1. The molecule has 2 heterocycles. The van der Waals surface area contributed by atoms with Crippen LogP contribution in [0.2, 0.25) is 0 Å². The van der Waals surface area contributed by atoms with Crippen molar-refractivity contribution in [3.8, 4) is 0 Å². The molecule has 2 amide bonds. The van der Waals surface area contributed by atoms with Gasteiger partial charge in [-0.15, -0.1) is 0 Å². The maximum atomic E-state index is 14.0. The standard InChI is InChI=1S/C14H9BrF3N3O/c15-10-6-7-11-19-12(22)20-13(14(16,17)18,21(11)8-10)9-4-2-1-3-5-9/h1-8H,(H,20,22)/t13-/m0/s1. The molecule has 0 aliphatic carbocycles. The van der Waals surface area contributed by atoms with Crippen molar-refractivity contribution in [1.82, 2.24) is 10.2 Å². The van der Waals surface area contributed by atoms with Crippen LogP contribution in [0.3, 0.4) is 0 Å². The van der Waals surface area contributed by atoms with E-state index in [0.29, 0.717) is 4.48 Å². The van der Waals surface area contributed by atoms with Crippen LogP contribution in [-0.4, -0.2) is 22.9 Å². The number of rotatable bonds is 1. The molecule has 3 rings (SSSR count). The fourth-order valence-electron chi connectivity index (χ4n) is 2.44.